The van der Waals surface area contributed by atoms with E-state index in [0.717, 1.165) is 18.8 Å². The Morgan fingerprint density at radius 2 is 1.50 bits per heavy atom. The first-order valence-corrected chi connectivity index (χ1v) is 6.86. The predicted octanol–water partition coefficient (Wildman–Crippen LogP) is 3.72. The lowest BCUT2D eigenvalue weighted by atomic mass is 10.0. The second-order valence-electron chi connectivity index (χ2n) is 4.53. The summed E-state index contributed by atoms with van der Waals surface area (Å²) in [7, 11) is 2.09. The van der Waals surface area contributed by atoms with E-state index in [2.05, 4.69) is 73.1 Å². The topological polar surface area (TPSA) is 3.24 Å². The molecule has 0 aliphatic heterocycles. The van der Waals surface area contributed by atoms with Gasteiger partial charge in [-0.2, -0.15) is 12.6 Å². The van der Waals surface area contributed by atoms with Crippen molar-refractivity contribution in [1.82, 2.24) is 4.90 Å². The second-order valence-corrected chi connectivity index (χ2v) is 4.82. The van der Waals surface area contributed by atoms with E-state index in [1.165, 1.54) is 16.7 Å². The summed E-state index contributed by atoms with van der Waals surface area (Å²) < 4.78 is 0. The van der Waals surface area contributed by atoms with E-state index in [0.29, 0.717) is 0 Å². The number of rotatable bonds is 5. The van der Waals surface area contributed by atoms with Crippen molar-refractivity contribution < 1.29 is 0 Å². The molecule has 0 fully saturated rings. The van der Waals surface area contributed by atoms with Gasteiger partial charge in [-0.05, 0) is 30.2 Å². The standard InChI is InChI=1S/C16H19NS/c1-17(13-18)12-11-14-7-9-16(10-8-14)15-5-3-2-4-6-15/h2-10,18H,11-13H2,1H3. The van der Waals surface area contributed by atoms with E-state index >= 15 is 0 Å². The summed E-state index contributed by atoms with van der Waals surface area (Å²) in [5.74, 6) is 0.808. The molecular weight excluding hydrogens is 238 g/mol. The minimum atomic E-state index is 0.808. The lowest BCUT2D eigenvalue weighted by Gasteiger charge is -2.13. The van der Waals surface area contributed by atoms with Crippen LogP contribution in [0.15, 0.2) is 54.6 Å². The highest BCUT2D eigenvalue weighted by Crippen LogP contribution is 2.19. The summed E-state index contributed by atoms with van der Waals surface area (Å²) in [4.78, 5) is 2.20. The van der Waals surface area contributed by atoms with E-state index < -0.39 is 0 Å². The SMILES string of the molecule is CN(CS)CCc1ccc(-c2ccccc2)cc1. The Labute approximate surface area is 115 Å². The maximum absolute atomic E-state index is 4.25. The first-order chi connectivity index (χ1) is 8.79. The molecule has 0 atom stereocenters. The molecule has 0 bridgehead atoms. The van der Waals surface area contributed by atoms with E-state index in [4.69, 9.17) is 0 Å². The van der Waals surface area contributed by atoms with Crippen LogP contribution in [-0.4, -0.2) is 24.4 Å². The highest BCUT2D eigenvalue weighted by atomic mass is 32.1. The predicted molar refractivity (Wildman–Crippen MR) is 82.1 cm³/mol. The number of hydrogen-bond donors (Lipinski definition) is 1. The maximum atomic E-state index is 4.25. The Morgan fingerprint density at radius 3 is 2.11 bits per heavy atom. The quantitative estimate of drug-likeness (QED) is 0.631. The van der Waals surface area contributed by atoms with Crippen molar-refractivity contribution in [2.24, 2.45) is 0 Å². The highest BCUT2D eigenvalue weighted by Gasteiger charge is 1.99. The third kappa shape index (κ3) is 3.62. The van der Waals surface area contributed by atoms with Crippen molar-refractivity contribution in [3.63, 3.8) is 0 Å². The van der Waals surface area contributed by atoms with Gasteiger partial charge in [0.25, 0.3) is 0 Å². The zero-order chi connectivity index (χ0) is 12.8. The zero-order valence-corrected chi connectivity index (χ0v) is 11.6. The van der Waals surface area contributed by atoms with Gasteiger partial charge >= 0.3 is 0 Å². The van der Waals surface area contributed by atoms with Gasteiger partial charge in [0.15, 0.2) is 0 Å². The molecule has 0 aromatic heterocycles. The van der Waals surface area contributed by atoms with Crippen LogP contribution in [-0.2, 0) is 6.42 Å². The van der Waals surface area contributed by atoms with E-state index in [9.17, 15) is 0 Å². The zero-order valence-electron chi connectivity index (χ0n) is 10.7. The second kappa shape index (κ2) is 6.62. The van der Waals surface area contributed by atoms with Gasteiger partial charge in [0.05, 0.1) is 0 Å². The largest absolute Gasteiger partial charge is 0.297 e. The van der Waals surface area contributed by atoms with Crippen molar-refractivity contribution in [3.05, 3.63) is 60.2 Å². The third-order valence-electron chi connectivity index (χ3n) is 3.08. The van der Waals surface area contributed by atoms with Crippen molar-refractivity contribution in [2.45, 2.75) is 6.42 Å². The van der Waals surface area contributed by atoms with Crippen molar-refractivity contribution in [2.75, 3.05) is 19.5 Å². The Hall–Kier alpha value is -1.25. The molecule has 0 amide bonds. The fourth-order valence-corrected chi connectivity index (χ4v) is 2.03. The molecule has 0 radical (unpaired) electrons. The summed E-state index contributed by atoms with van der Waals surface area (Å²) in [5, 5.41) is 0. The van der Waals surface area contributed by atoms with E-state index in [1.807, 2.05) is 6.07 Å². The van der Waals surface area contributed by atoms with Crippen LogP contribution in [0, 0.1) is 0 Å². The molecule has 0 saturated carbocycles. The van der Waals surface area contributed by atoms with Crippen LogP contribution in [0.25, 0.3) is 11.1 Å². The molecule has 0 spiro atoms. The summed E-state index contributed by atoms with van der Waals surface area (Å²) in [6, 6.07) is 19.3. The fraction of sp³-hybridized carbons (Fsp3) is 0.250. The van der Waals surface area contributed by atoms with Crippen molar-refractivity contribution >= 4 is 12.6 Å². The number of hydrogen-bond acceptors (Lipinski definition) is 2. The molecule has 2 heteroatoms. The molecular formula is C16H19NS. The molecule has 0 aliphatic rings. The van der Waals surface area contributed by atoms with Gasteiger partial charge in [-0.25, -0.2) is 0 Å². The fourth-order valence-electron chi connectivity index (χ4n) is 1.89. The normalized spacial score (nSPS) is 10.8. The summed E-state index contributed by atoms with van der Waals surface area (Å²) in [6.07, 6.45) is 1.08. The van der Waals surface area contributed by atoms with Crippen LogP contribution in [0.5, 0.6) is 0 Å². The summed E-state index contributed by atoms with van der Waals surface area (Å²) >= 11 is 4.25. The number of benzene rings is 2. The number of likely N-dealkylation sites (N-methyl/N-ethyl adjacent to an activating group) is 1. The van der Waals surface area contributed by atoms with Gasteiger partial charge < -0.3 is 0 Å². The lowest BCUT2D eigenvalue weighted by Crippen LogP contribution is -2.19. The monoisotopic (exact) mass is 257 g/mol. The average Bonchev–Trinajstić information content (AvgIpc) is 2.46. The van der Waals surface area contributed by atoms with E-state index in [-0.39, 0.29) is 0 Å². The minimum absolute atomic E-state index is 0.808. The van der Waals surface area contributed by atoms with Gasteiger partial charge in [0, 0.05) is 12.4 Å². The first-order valence-electron chi connectivity index (χ1n) is 6.23. The molecule has 0 heterocycles. The molecule has 0 aliphatic carbocycles. The molecule has 2 aromatic rings. The minimum Gasteiger partial charge on any atom is -0.297 e. The molecule has 2 rings (SSSR count). The Balaban J connectivity index is 2.02. The van der Waals surface area contributed by atoms with Gasteiger partial charge in [-0.3, -0.25) is 4.90 Å². The van der Waals surface area contributed by atoms with Gasteiger partial charge in [-0.15, -0.1) is 0 Å². The van der Waals surface area contributed by atoms with Crippen LogP contribution in [0.2, 0.25) is 0 Å². The molecule has 94 valence electrons. The Kier molecular flexibility index (Phi) is 4.85. The smallest absolute Gasteiger partial charge is 0.0411 e. The average molecular weight is 257 g/mol. The molecule has 0 saturated heterocycles. The van der Waals surface area contributed by atoms with Gasteiger partial charge in [0.1, 0.15) is 0 Å². The molecule has 0 unspecified atom stereocenters. The number of thiol groups is 1. The van der Waals surface area contributed by atoms with Crippen molar-refractivity contribution in [3.8, 4) is 11.1 Å². The molecule has 1 nitrogen and oxygen atoms in total. The summed E-state index contributed by atoms with van der Waals surface area (Å²) in [5.41, 5.74) is 3.93. The van der Waals surface area contributed by atoms with E-state index in [1.54, 1.807) is 0 Å². The van der Waals surface area contributed by atoms with Crippen LogP contribution in [0.4, 0.5) is 0 Å². The van der Waals surface area contributed by atoms with Gasteiger partial charge in [-0.1, -0.05) is 54.6 Å². The first kappa shape index (κ1) is 13.2. The van der Waals surface area contributed by atoms with Crippen LogP contribution in [0.3, 0.4) is 0 Å². The highest BCUT2D eigenvalue weighted by molar-refractivity contribution is 7.80. The maximum Gasteiger partial charge on any atom is 0.0411 e. The van der Waals surface area contributed by atoms with Crippen LogP contribution < -0.4 is 0 Å². The summed E-state index contributed by atoms with van der Waals surface area (Å²) in [6.45, 7) is 1.05. The number of nitrogens with zero attached hydrogens (tertiary/aromatic N) is 1. The molecule has 0 N–H and O–H groups in total. The lowest BCUT2D eigenvalue weighted by molar-refractivity contribution is 0.399. The van der Waals surface area contributed by atoms with Gasteiger partial charge in [0.2, 0.25) is 0 Å². The molecule has 18 heavy (non-hydrogen) atoms. The Bertz CT molecular complexity index is 464. The van der Waals surface area contributed by atoms with Crippen LogP contribution >= 0.6 is 12.6 Å². The van der Waals surface area contributed by atoms with Crippen molar-refractivity contribution in [1.29, 1.82) is 0 Å². The Morgan fingerprint density at radius 1 is 0.889 bits per heavy atom. The van der Waals surface area contributed by atoms with Crippen LogP contribution in [0.1, 0.15) is 5.56 Å². The third-order valence-corrected chi connectivity index (χ3v) is 3.57. The molecule has 2 aromatic carbocycles.